The Morgan fingerprint density at radius 1 is 1.12 bits per heavy atom. The van der Waals surface area contributed by atoms with Crippen molar-refractivity contribution in [1.29, 1.82) is 0 Å². The van der Waals surface area contributed by atoms with Crippen LogP contribution in [0.3, 0.4) is 0 Å². The van der Waals surface area contributed by atoms with Gasteiger partial charge in [0, 0.05) is 6.54 Å². The minimum Gasteiger partial charge on any atom is -0.444 e. The van der Waals surface area contributed by atoms with Crippen LogP contribution in [0, 0.1) is 6.92 Å². The average molecular weight is 497 g/mol. The number of hydrogen-bond donors (Lipinski definition) is 2. The highest BCUT2D eigenvalue weighted by atomic mass is 32.2. The number of carbonyl (C=O) groups is 1. The van der Waals surface area contributed by atoms with Gasteiger partial charge in [0.15, 0.2) is 6.30 Å². The van der Waals surface area contributed by atoms with Crippen LogP contribution in [-0.4, -0.2) is 49.5 Å². The van der Waals surface area contributed by atoms with E-state index in [1.165, 1.54) is 11.0 Å². The maximum atomic E-state index is 14.2. The topological polar surface area (TPSA) is 91.0 Å². The number of benzene rings is 2. The van der Waals surface area contributed by atoms with Crippen molar-refractivity contribution in [3.63, 3.8) is 0 Å². The fourth-order valence-electron chi connectivity index (χ4n) is 3.70. The zero-order chi connectivity index (χ0) is 25.1. The molecule has 34 heavy (non-hydrogen) atoms. The molecule has 0 bridgehead atoms. The number of hydrogen-bond acceptors (Lipinski definition) is 6. The Morgan fingerprint density at radius 2 is 1.76 bits per heavy atom. The number of amides is 1. The van der Waals surface area contributed by atoms with Crippen LogP contribution in [0.15, 0.2) is 53.4 Å². The molecule has 2 aromatic carbocycles. The van der Waals surface area contributed by atoms with Crippen LogP contribution < -0.4 is 10.3 Å². The van der Waals surface area contributed by atoms with Crippen molar-refractivity contribution < 1.29 is 26.8 Å². The summed E-state index contributed by atoms with van der Waals surface area (Å²) in [6.45, 7) is 5.92. The van der Waals surface area contributed by atoms with Crippen molar-refractivity contribution in [1.82, 2.24) is 20.3 Å². The Labute approximate surface area is 198 Å². The smallest absolute Gasteiger partial charge is 0.411 e. The van der Waals surface area contributed by atoms with Gasteiger partial charge in [-0.15, -0.1) is 14.4 Å². The standard InChI is InChI=1S/C23H30F2N4O4S/c1-16-9-5-8-12-20(16)34(31,32)27-26-13-17-10-6-7-11-18(17)19-14-29(25)21(24)15-28(19)22(30)33-23(2,3)4/h5-12,19,21,26-27H,13-15H2,1-4H3. The van der Waals surface area contributed by atoms with Gasteiger partial charge in [0.05, 0.1) is 24.0 Å². The summed E-state index contributed by atoms with van der Waals surface area (Å²) < 4.78 is 59.1. The van der Waals surface area contributed by atoms with Gasteiger partial charge in [-0.05, 0) is 50.5 Å². The highest BCUT2D eigenvalue weighted by molar-refractivity contribution is 7.89. The quantitative estimate of drug-likeness (QED) is 0.360. The molecule has 2 atom stereocenters. The Bertz CT molecular complexity index is 1120. The van der Waals surface area contributed by atoms with E-state index in [9.17, 15) is 22.1 Å². The van der Waals surface area contributed by atoms with Gasteiger partial charge in [-0.25, -0.2) is 23.0 Å². The van der Waals surface area contributed by atoms with Crippen molar-refractivity contribution in [2.24, 2.45) is 0 Å². The third-order valence-corrected chi connectivity index (χ3v) is 6.74. The molecule has 2 aromatic rings. The third-order valence-electron chi connectivity index (χ3n) is 5.29. The molecule has 186 valence electrons. The summed E-state index contributed by atoms with van der Waals surface area (Å²) in [7, 11) is -3.82. The van der Waals surface area contributed by atoms with Crippen LogP contribution in [0.5, 0.6) is 0 Å². The Kier molecular flexibility index (Phi) is 7.91. The average Bonchev–Trinajstić information content (AvgIpc) is 2.74. The molecule has 0 aromatic heterocycles. The molecule has 1 fully saturated rings. The fourth-order valence-corrected chi connectivity index (χ4v) is 4.83. The molecule has 2 N–H and O–H groups in total. The van der Waals surface area contributed by atoms with E-state index in [1.54, 1.807) is 70.2 Å². The van der Waals surface area contributed by atoms with Gasteiger partial charge < -0.3 is 4.74 Å². The zero-order valence-electron chi connectivity index (χ0n) is 19.6. The molecule has 1 saturated heterocycles. The first-order valence-corrected chi connectivity index (χ1v) is 12.3. The number of aryl methyl sites for hydroxylation is 1. The molecule has 0 spiro atoms. The van der Waals surface area contributed by atoms with Gasteiger partial charge in [0.2, 0.25) is 0 Å². The van der Waals surface area contributed by atoms with Crippen LogP contribution in [0.25, 0.3) is 0 Å². The first-order chi connectivity index (χ1) is 15.9. The minimum absolute atomic E-state index is 0.0469. The Morgan fingerprint density at radius 3 is 2.44 bits per heavy atom. The lowest BCUT2D eigenvalue weighted by molar-refractivity contribution is -0.138. The lowest BCUT2D eigenvalue weighted by Gasteiger charge is -2.40. The maximum Gasteiger partial charge on any atom is 0.411 e. The van der Waals surface area contributed by atoms with Crippen LogP contribution in [0.2, 0.25) is 0 Å². The lowest BCUT2D eigenvalue weighted by Crippen LogP contribution is -2.53. The zero-order valence-corrected chi connectivity index (χ0v) is 20.4. The summed E-state index contributed by atoms with van der Waals surface area (Å²) in [4.78, 5) is 16.4. The van der Waals surface area contributed by atoms with Crippen LogP contribution in [0.4, 0.5) is 13.7 Å². The molecular weight excluding hydrogens is 466 g/mol. The summed E-state index contributed by atoms with van der Waals surface area (Å²) in [6, 6.07) is 12.6. The van der Waals surface area contributed by atoms with E-state index in [0.717, 1.165) is 0 Å². The van der Waals surface area contributed by atoms with E-state index in [2.05, 4.69) is 10.3 Å². The van der Waals surface area contributed by atoms with Crippen LogP contribution >= 0.6 is 0 Å². The predicted octanol–water partition coefficient (Wildman–Crippen LogP) is 3.75. The summed E-state index contributed by atoms with van der Waals surface area (Å²) in [5.74, 6) is 0. The first kappa shape index (κ1) is 26.0. The highest BCUT2D eigenvalue weighted by Gasteiger charge is 2.40. The molecule has 8 nitrogen and oxygen atoms in total. The lowest BCUT2D eigenvalue weighted by atomic mass is 9.97. The molecule has 0 radical (unpaired) electrons. The second-order valence-corrected chi connectivity index (χ2v) is 10.7. The van der Waals surface area contributed by atoms with Gasteiger partial charge in [-0.2, -0.15) is 0 Å². The number of alkyl halides is 1. The van der Waals surface area contributed by atoms with Crippen molar-refractivity contribution >= 4 is 16.1 Å². The van der Waals surface area contributed by atoms with Crippen molar-refractivity contribution in [3.8, 4) is 0 Å². The minimum atomic E-state index is -3.82. The van der Waals surface area contributed by atoms with E-state index < -0.39 is 47.1 Å². The number of carbonyl (C=O) groups excluding carboxylic acids is 1. The van der Waals surface area contributed by atoms with Gasteiger partial charge in [-0.1, -0.05) is 42.5 Å². The van der Waals surface area contributed by atoms with Gasteiger partial charge >= 0.3 is 6.09 Å². The fraction of sp³-hybridized carbons (Fsp3) is 0.435. The molecule has 11 heteroatoms. The molecule has 3 rings (SSSR count). The van der Waals surface area contributed by atoms with Crippen molar-refractivity contribution in [3.05, 3.63) is 65.2 Å². The first-order valence-electron chi connectivity index (χ1n) is 10.8. The van der Waals surface area contributed by atoms with E-state index in [0.29, 0.717) is 16.7 Å². The second kappa shape index (κ2) is 10.3. The number of nitrogens with zero attached hydrogens (tertiary/aromatic N) is 2. The number of sulfonamides is 1. The number of hydrazine groups is 1. The number of ether oxygens (including phenoxy) is 1. The molecular formula is C23H30F2N4O4S. The summed E-state index contributed by atoms with van der Waals surface area (Å²) in [6.07, 6.45) is -2.73. The largest absolute Gasteiger partial charge is 0.444 e. The highest BCUT2D eigenvalue weighted by Crippen LogP contribution is 2.32. The Hall–Kier alpha value is -2.60. The summed E-state index contributed by atoms with van der Waals surface area (Å²) in [5.41, 5.74) is 3.64. The van der Waals surface area contributed by atoms with Gasteiger partial charge in [0.25, 0.3) is 10.0 Å². The Balaban J connectivity index is 1.81. The predicted molar refractivity (Wildman–Crippen MR) is 123 cm³/mol. The third kappa shape index (κ3) is 6.29. The monoisotopic (exact) mass is 496 g/mol. The van der Waals surface area contributed by atoms with Gasteiger partial charge in [-0.3, -0.25) is 4.90 Å². The molecule has 1 amide bonds. The molecule has 0 saturated carbocycles. The normalized spacial score (nSPS) is 19.8. The number of halogens is 2. The van der Waals surface area contributed by atoms with Crippen LogP contribution in [-0.2, 0) is 21.3 Å². The van der Waals surface area contributed by atoms with E-state index in [-0.39, 0.29) is 16.6 Å². The van der Waals surface area contributed by atoms with E-state index >= 15 is 0 Å². The van der Waals surface area contributed by atoms with E-state index in [1.807, 2.05) is 0 Å². The molecule has 1 heterocycles. The van der Waals surface area contributed by atoms with Gasteiger partial charge in [0.1, 0.15) is 5.60 Å². The number of nitrogens with one attached hydrogen (secondary N) is 2. The summed E-state index contributed by atoms with van der Waals surface area (Å²) in [5, 5.41) is 0.0522. The van der Waals surface area contributed by atoms with Crippen molar-refractivity contribution in [2.45, 2.75) is 57.1 Å². The van der Waals surface area contributed by atoms with Crippen LogP contribution in [0.1, 0.15) is 43.5 Å². The maximum absolute atomic E-state index is 14.2. The SMILES string of the molecule is Cc1ccccc1S(=O)(=O)NNCc1ccccc1C1CN(F)C(F)CN1C(=O)OC(C)(C)C. The van der Waals surface area contributed by atoms with Crippen molar-refractivity contribution in [2.75, 3.05) is 13.1 Å². The molecule has 2 unspecified atom stereocenters. The molecule has 1 aliphatic rings. The second-order valence-electron chi connectivity index (χ2n) is 9.09. The number of rotatable bonds is 6. The van der Waals surface area contributed by atoms with E-state index in [4.69, 9.17) is 4.74 Å². The molecule has 1 aliphatic heterocycles. The summed E-state index contributed by atoms with van der Waals surface area (Å²) >= 11 is 0. The number of piperazine rings is 1. The molecule has 0 aliphatic carbocycles.